The van der Waals surface area contributed by atoms with Gasteiger partial charge in [-0.05, 0) is 56.4 Å². The fourth-order valence-corrected chi connectivity index (χ4v) is 4.23. The van der Waals surface area contributed by atoms with Crippen molar-refractivity contribution in [1.29, 1.82) is 0 Å². The highest BCUT2D eigenvalue weighted by Crippen LogP contribution is 2.28. The Balaban J connectivity index is 1.49. The summed E-state index contributed by atoms with van der Waals surface area (Å²) in [5.41, 5.74) is 9.80. The quantitative estimate of drug-likeness (QED) is 0.566. The first-order valence-corrected chi connectivity index (χ1v) is 10.5. The Morgan fingerprint density at radius 2 is 1.96 bits per heavy atom. The topological polar surface area (TPSA) is 76.4 Å². The molecular formula is C22H28BrN3O2. The van der Waals surface area contributed by atoms with Crippen molar-refractivity contribution in [3.63, 3.8) is 0 Å². The van der Waals surface area contributed by atoms with Crippen molar-refractivity contribution >= 4 is 33.2 Å². The number of nitrogens with one attached hydrogen (secondary N) is 2. The minimum absolute atomic E-state index is 0.0545. The van der Waals surface area contributed by atoms with E-state index in [9.17, 15) is 4.79 Å². The van der Waals surface area contributed by atoms with Gasteiger partial charge in [-0.3, -0.25) is 4.79 Å². The van der Waals surface area contributed by atoms with Crippen molar-refractivity contribution in [2.45, 2.75) is 45.2 Å². The van der Waals surface area contributed by atoms with Gasteiger partial charge in [0.25, 0.3) is 0 Å². The highest BCUT2D eigenvalue weighted by Gasteiger charge is 2.26. The van der Waals surface area contributed by atoms with Gasteiger partial charge in [-0.25, -0.2) is 0 Å². The van der Waals surface area contributed by atoms with Gasteiger partial charge in [-0.2, -0.15) is 0 Å². The highest BCUT2D eigenvalue weighted by atomic mass is 79.9. The molecular weight excluding hydrogens is 418 g/mol. The van der Waals surface area contributed by atoms with Gasteiger partial charge in [0.2, 0.25) is 5.91 Å². The minimum Gasteiger partial charge on any atom is -0.496 e. The average molecular weight is 446 g/mol. The van der Waals surface area contributed by atoms with Crippen LogP contribution in [-0.4, -0.2) is 19.1 Å². The van der Waals surface area contributed by atoms with Gasteiger partial charge >= 0.3 is 0 Å². The van der Waals surface area contributed by atoms with Crippen LogP contribution in [-0.2, 0) is 11.3 Å². The summed E-state index contributed by atoms with van der Waals surface area (Å²) >= 11 is 3.57. The smallest absolute Gasteiger partial charge is 0.227 e. The molecule has 0 aliphatic heterocycles. The zero-order valence-electron chi connectivity index (χ0n) is 16.4. The second-order valence-corrected chi connectivity index (χ2v) is 8.27. The summed E-state index contributed by atoms with van der Waals surface area (Å²) in [5.74, 6) is 0.940. The van der Waals surface area contributed by atoms with E-state index in [1.165, 1.54) is 0 Å². The largest absolute Gasteiger partial charge is 0.496 e. The molecule has 0 heterocycles. The summed E-state index contributed by atoms with van der Waals surface area (Å²) in [6, 6.07) is 12.0. The highest BCUT2D eigenvalue weighted by molar-refractivity contribution is 9.10. The molecule has 2 aromatic rings. The first-order valence-electron chi connectivity index (χ1n) is 9.69. The number of hydrogen-bond acceptors (Lipinski definition) is 4. The van der Waals surface area contributed by atoms with Gasteiger partial charge in [0.15, 0.2) is 0 Å². The van der Waals surface area contributed by atoms with Crippen LogP contribution in [0.15, 0.2) is 40.9 Å². The monoisotopic (exact) mass is 445 g/mol. The van der Waals surface area contributed by atoms with Gasteiger partial charge in [-0.15, -0.1) is 0 Å². The number of carbonyl (C=O) groups excluding carboxylic acids is 1. The average Bonchev–Trinajstić information content (AvgIpc) is 2.69. The van der Waals surface area contributed by atoms with E-state index in [-0.39, 0.29) is 11.8 Å². The molecule has 0 radical (unpaired) electrons. The molecule has 5 nitrogen and oxygen atoms in total. The summed E-state index contributed by atoms with van der Waals surface area (Å²) < 4.78 is 6.36. The third-order valence-corrected chi connectivity index (χ3v) is 6.24. The maximum absolute atomic E-state index is 12.6. The van der Waals surface area contributed by atoms with E-state index in [4.69, 9.17) is 10.5 Å². The minimum atomic E-state index is 0.0545. The maximum Gasteiger partial charge on any atom is 0.227 e. The second-order valence-electron chi connectivity index (χ2n) is 7.41. The summed E-state index contributed by atoms with van der Waals surface area (Å²) in [7, 11) is 1.64. The van der Waals surface area contributed by atoms with E-state index >= 15 is 0 Å². The van der Waals surface area contributed by atoms with Gasteiger partial charge in [0, 0.05) is 46.0 Å². The van der Waals surface area contributed by atoms with Gasteiger partial charge in [0.1, 0.15) is 5.75 Å². The van der Waals surface area contributed by atoms with Crippen LogP contribution < -0.4 is 21.1 Å². The zero-order chi connectivity index (χ0) is 20.1. The number of aryl methyl sites for hydroxylation is 1. The van der Waals surface area contributed by atoms with Crippen molar-refractivity contribution in [1.82, 2.24) is 5.32 Å². The van der Waals surface area contributed by atoms with Crippen LogP contribution in [0.4, 0.5) is 11.4 Å². The van der Waals surface area contributed by atoms with Gasteiger partial charge in [0.05, 0.1) is 7.11 Å². The molecule has 0 unspecified atom stereocenters. The molecule has 28 heavy (non-hydrogen) atoms. The molecule has 1 amide bonds. The number of benzene rings is 2. The lowest BCUT2D eigenvalue weighted by Gasteiger charge is -2.29. The Morgan fingerprint density at radius 3 is 2.64 bits per heavy atom. The van der Waals surface area contributed by atoms with Crippen molar-refractivity contribution < 1.29 is 9.53 Å². The standard InChI is InChI=1S/C22H28BrN3O2/c1-14-6-9-17(12-21(14)28-2)26-22(27)15-7-10-16(11-8-15)25-13-18-19(23)4-3-5-20(18)24/h3-6,9,12,15-16,25H,7-8,10-11,13,24H2,1-2H3,(H,26,27). The fourth-order valence-electron chi connectivity index (χ4n) is 3.71. The third-order valence-electron chi connectivity index (χ3n) is 5.50. The number of nitrogen functional groups attached to an aromatic ring is 1. The van der Waals surface area contributed by atoms with E-state index in [0.717, 1.165) is 65.0 Å². The predicted octanol–water partition coefficient (Wildman–Crippen LogP) is 4.64. The van der Waals surface area contributed by atoms with Crippen molar-refractivity contribution in [2.24, 2.45) is 5.92 Å². The third kappa shape index (κ3) is 5.06. The second kappa shape index (κ2) is 9.43. The van der Waals surface area contributed by atoms with Crippen molar-refractivity contribution in [2.75, 3.05) is 18.2 Å². The molecule has 1 aliphatic rings. The molecule has 150 valence electrons. The Labute approximate surface area is 175 Å². The van der Waals surface area contributed by atoms with Crippen molar-refractivity contribution in [3.8, 4) is 5.75 Å². The summed E-state index contributed by atoms with van der Waals surface area (Å²) in [4.78, 5) is 12.6. The van der Waals surface area contributed by atoms with Crippen LogP contribution in [0.3, 0.4) is 0 Å². The summed E-state index contributed by atoms with van der Waals surface area (Å²) in [5, 5.41) is 6.63. The molecule has 4 N–H and O–H groups in total. The molecule has 6 heteroatoms. The first kappa shape index (κ1) is 20.7. The number of halogens is 1. The van der Waals surface area contributed by atoms with Crippen LogP contribution in [0.5, 0.6) is 5.75 Å². The number of hydrogen-bond donors (Lipinski definition) is 3. The zero-order valence-corrected chi connectivity index (χ0v) is 18.0. The molecule has 1 saturated carbocycles. The van der Waals surface area contributed by atoms with Crippen LogP contribution in [0.1, 0.15) is 36.8 Å². The van der Waals surface area contributed by atoms with E-state index in [1.807, 2.05) is 43.3 Å². The lowest BCUT2D eigenvalue weighted by Crippen LogP contribution is -2.36. The van der Waals surface area contributed by atoms with Crippen LogP contribution >= 0.6 is 15.9 Å². The molecule has 0 saturated heterocycles. The Morgan fingerprint density at radius 1 is 1.21 bits per heavy atom. The van der Waals surface area contributed by atoms with Crippen LogP contribution in [0, 0.1) is 12.8 Å². The molecule has 2 aromatic carbocycles. The Bertz CT molecular complexity index is 812. The first-order chi connectivity index (χ1) is 13.5. The molecule has 1 aliphatic carbocycles. The molecule has 0 bridgehead atoms. The SMILES string of the molecule is COc1cc(NC(=O)C2CCC(NCc3c(N)cccc3Br)CC2)ccc1C. The lowest BCUT2D eigenvalue weighted by atomic mass is 9.85. The number of amides is 1. The predicted molar refractivity (Wildman–Crippen MR) is 118 cm³/mol. The summed E-state index contributed by atoms with van der Waals surface area (Å²) in [6.07, 6.45) is 3.75. The lowest BCUT2D eigenvalue weighted by molar-refractivity contribution is -0.120. The number of methoxy groups -OCH3 is 1. The number of ether oxygens (including phenoxy) is 1. The van der Waals surface area contributed by atoms with Crippen molar-refractivity contribution in [3.05, 3.63) is 52.0 Å². The van der Waals surface area contributed by atoms with Gasteiger partial charge in [-0.1, -0.05) is 28.1 Å². The molecule has 3 rings (SSSR count). The van der Waals surface area contributed by atoms with E-state index in [0.29, 0.717) is 6.04 Å². The maximum atomic E-state index is 12.6. The Kier molecular flexibility index (Phi) is 6.97. The summed E-state index contributed by atoms with van der Waals surface area (Å²) in [6.45, 7) is 2.72. The molecule has 0 aromatic heterocycles. The van der Waals surface area contributed by atoms with E-state index < -0.39 is 0 Å². The van der Waals surface area contributed by atoms with E-state index in [1.54, 1.807) is 7.11 Å². The molecule has 0 spiro atoms. The normalized spacial score (nSPS) is 19.2. The number of rotatable bonds is 6. The number of carbonyl (C=O) groups is 1. The van der Waals surface area contributed by atoms with Crippen LogP contribution in [0.25, 0.3) is 0 Å². The fraction of sp³-hybridized carbons (Fsp3) is 0.409. The number of anilines is 2. The Hall–Kier alpha value is -2.05. The van der Waals surface area contributed by atoms with E-state index in [2.05, 4.69) is 26.6 Å². The molecule has 1 fully saturated rings. The van der Waals surface area contributed by atoms with Crippen LogP contribution in [0.2, 0.25) is 0 Å². The number of nitrogens with two attached hydrogens (primary N) is 1. The molecule has 0 atom stereocenters. The van der Waals surface area contributed by atoms with Gasteiger partial charge < -0.3 is 21.1 Å².